The highest BCUT2D eigenvalue weighted by Crippen LogP contribution is 2.36. The summed E-state index contributed by atoms with van der Waals surface area (Å²) in [6.07, 6.45) is 4.45. The van der Waals surface area contributed by atoms with E-state index in [0.29, 0.717) is 16.3 Å². The second-order valence-corrected chi connectivity index (χ2v) is 6.66. The number of carbonyl (C=O) groups excluding carboxylic acids is 2. The van der Waals surface area contributed by atoms with Gasteiger partial charge in [0.15, 0.2) is 0 Å². The first-order chi connectivity index (χ1) is 13.1. The van der Waals surface area contributed by atoms with Crippen LogP contribution in [0.4, 0.5) is 5.00 Å². The van der Waals surface area contributed by atoms with Crippen LogP contribution in [0.5, 0.6) is 0 Å². The fourth-order valence-electron chi connectivity index (χ4n) is 2.50. The predicted molar refractivity (Wildman–Crippen MR) is 107 cm³/mol. The van der Waals surface area contributed by atoms with E-state index in [-0.39, 0.29) is 12.5 Å². The van der Waals surface area contributed by atoms with Gasteiger partial charge in [0, 0.05) is 17.0 Å². The number of hydrogen-bond acceptors (Lipinski definition) is 5. The third-order valence-corrected chi connectivity index (χ3v) is 4.71. The van der Waals surface area contributed by atoms with Gasteiger partial charge >= 0.3 is 5.97 Å². The number of carbonyl (C=O) groups is 2. The van der Waals surface area contributed by atoms with Crippen molar-refractivity contribution in [3.8, 4) is 11.1 Å². The van der Waals surface area contributed by atoms with Gasteiger partial charge < -0.3 is 14.5 Å². The Labute approximate surface area is 161 Å². The Hall–Kier alpha value is -3.12. The number of ether oxygens (including phenoxy) is 1. The molecule has 0 bridgehead atoms. The van der Waals surface area contributed by atoms with Gasteiger partial charge in [-0.25, -0.2) is 4.79 Å². The highest BCUT2D eigenvalue weighted by molar-refractivity contribution is 7.15. The van der Waals surface area contributed by atoms with E-state index in [4.69, 9.17) is 9.15 Å². The van der Waals surface area contributed by atoms with Crippen LogP contribution in [-0.2, 0) is 9.53 Å². The fraction of sp³-hybridized carbons (Fsp3) is 0.143. The molecular weight excluding hydrogens is 362 g/mol. The van der Waals surface area contributed by atoms with Crippen LogP contribution < -0.4 is 5.32 Å². The van der Waals surface area contributed by atoms with Crippen LogP contribution >= 0.6 is 11.3 Å². The van der Waals surface area contributed by atoms with Gasteiger partial charge in [0.1, 0.15) is 16.3 Å². The average Bonchev–Trinajstić information content (AvgIpc) is 3.31. The third kappa shape index (κ3) is 4.54. The van der Waals surface area contributed by atoms with E-state index in [1.807, 2.05) is 36.6 Å². The average molecular weight is 381 g/mol. The molecule has 6 heteroatoms. The first kappa shape index (κ1) is 18.7. The lowest BCUT2D eigenvalue weighted by molar-refractivity contribution is -0.111. The van der Waals surface area contributed by atoms with Crippen LogP contribution in [0.1, 0.15) is 28.6 Å². The SMILES string of the molecule is CCOC(=O)c1c(-c2ccc(C)cc2)csc1NC(=O)C=Cc1ccco1. The molecule has 1 aromatic carbocycles. The maximum Gasteiger partial charge on any atom is 0.341 e. The molecule has 27 heavy (non-hydrogen) atoms. The number of amides is 1. The van der Waals surface area contributed by atoms with Crippen LogP contribution in [0.3, 0.4) is 0 Å². The summed E-state index contributed by atoms with van der Waals surface area (Å²) < 4.78 is 10.4. The second kappa shape index (κ2) is 8.51. The Morgan fingerprint density at radius 2 is 2.00 bits per heavy atom. The summed E-state index contributed by atoms with van der Waals surface area (Å²) >= 11 is 1.29. The number of aryl methyl sites for hydroxylation is 1. The molecule has 0 unspecified atom stereocenters. The minimum Gasteiger partial charge on any atom is -0.465 e. The number of hydrogen-bond donors (Lipinski definition) is 1. The number of furan rings is 1. The zero-order valence-corrected chi connectivity index (χ0v) is 15.8. The van der Waals surface area contributed by atoms with Crippen LogP contribution in [-0.4, -0.2) is 18.5 Å². The minimum atomic E-state index is -0.459. The van der Waals surface area contributed by atoms with Gasteiger partial charge in [0.05, 0.1) is 12.9 Å². The summed E-state index contributed by atoms with van der Waals surface area (Å²) in [6, 6.07) is 11.3. The molecule has 3 rings (SSSR count). The number of rotatable bonds is 6. The molecule has 1 N–H and O–H groups in total. The molecule has 0 fully saturated rings. The highest BCUT2D eigenvalue weighted by Gasteiger charge is 2.22. The quantitative estimate of drug-likeness (QED) is 0.474. The number of esters is 1. The van der Waals surface area contributed by atoms with Gasteiger partial charge in [-0.05, 0) is 37.6 Å². The van der Waals surface area contributed by atoms with Gasteiger partial charge in [0.2, 0.25) is 5.91 Å². The topological polar surface area (TPSA) is 68.5 Å². The van der Waals surface area contributed by atoms with Gasteiger partial charge in [-0.3, -0.25) is 4.79 Å². The van der Waals surface area contributed by atoms with Crippen molar-refractivity contribution in [1.82, 2.24) is 0 Å². The normalized spacial score (nSPS) is 10.9. The molecule has 2 heterocycles. The van der Waals surface area contributed by atoms with Crippen LogP contribution in [0, 0.1) is 6.92 Å². The lowest BCUT2D eigenvalue weighted by atomic mass is 10.0. The lowest BCUT2D eigenvalue weighted by Crippen LogP contribution is -2.12. The molecule has 0 saturated carbocycles. The molecule has 0 aliphatic rings. The first-order valence-electron chi connectivity index (χ1n) is 8.46. The molecule has 0 saturated heterocycles. The first-order valence-corrected chi connectivity index (χ1v) is 9.34. The van der Waals surface area contributed by atoms with E-state index >= 15 is 0 Å². The molecule has 3 aromatic rings. The Bertz CT molecular complexity index is 953. The van der Waals surface area contributed by atoms with E-state index in [0.717, 1.165) is 16.7 Å². The zero-order chi connectivity index (χ0) is 19.2. The summed E-state index contributed by atoms with van der Waals surface area (Å²) in [6.45, 7) is 4.01. The monoisotopic (exact) mass is 381 g/mol. The van der Waals surface area contributed by atoms with Crippen LogP contribution in [0.2, 0.25) is 0 Å². The fourth-order valence-corrected chi connectivity index (χ4v) is 3.46. The van der Waals surface area contributed by atoms with Gasteiger partial charge in [-0.1, -0.05) is 29.8 Å². The molecular formula is C21H19NO4S. The van der Waals surface area contributed by atoms with E-state index in [1.54, 1.807) is 25.1 Å². The maximum atomic E-state index is 12.5. The molecule has 0 spiro atoms. The van der Waals surface area contributed by atoms with E-state index < -0.39 is 5.97 Å². The Morgan fingerprint density at radius 1 is 1.22 bits per heavy atom. The van der Waals surface area contributed by atoms with Crippen molar-refractivity contribution >= 4 is 34.3 Å². The van der Waals surface area contributed by atoms with Crippen LogP contribution in [0.25, 0.3) is 17.2 Å². The molecule has 1 amide bonds. The van der Waals surface area contributed by atoms with Crippen molar-refractivity contribution in [2.45, 2.75) is 13.8 Å². The molecule has 5 nitrogen and oxygen atoms in total. The van der Waals surface area contributed by atoms with Crippen molar-refractivity contribution < 1.29 is 18.7 Å². The Kier molecular flexibility index (Phi) is 5.88. The third-order valence-electron chi connectivity index (χ3n) is 3.81. The Balaban J connectivity index is 1.89. The number of nitrogens with one attached hydrogen (secondary N) is 1. The molecule has 0 aliphatic carbocycles. The molecule has 0 radical (unpaired) electrons. The number of anilines is 1. The Morgan fingerprint density at radius 3 is 2.67 bits per heavy atom. The van der Waals surface area contributed by atoms with Crippen molar-refractivity contribution in [3.05, 3.63) is 71.0 Å². The molecule has 0 atom stereocenters. The van der Waals surface area contributed by atoms with E-state index in [1.165, 1.54) is 23.7 Å². The van der Waals surface area contributed by atoms with Gasteiger partial charge in [-0.2, -0.15) is 0 Å². The van der Waals surface area contributed by atoms with Crippen molar-refractivity contribution in [2.75, 3.05) is 11.9 Å². The summed E-state index contributed by atoms with van der Waals surface area (Å²) in [5.41, 5.74) is 3.13. The number of benzene rings is 1. The molecule has 0 aliphatic heterocycles. The van der Waals surface area contributed by atoms with Crippen LogP contribution in [0.15, 0.2) is 58.5 Å². The van der Waals surface area contributed by atoms with Crippen molar-refractivity contribution in [3.63, 3.8) is 0 Å². The highest BCUT2D eigenvalue weighted by atomic mass is 32.1. The maximum absolute atomic E-state index is 12.5. The summed E-state index contributed by atoms with van der Waals surface area (Å²) in [5, 5.41) is 5.07. The number of thiophene rings is 1. The largest absolute Gasteiger partial charge is 0.465 e. The van der Waals surface area contributed by atoms with Crippen molar-refractivity contribution in [2.24, 2.45) is 0 Å². The zero-order valence-electron chi connectivity index (χ0n) is 15.0. The smallest absolute Gasteiger partial charge is 0.341 e. The summed E-state index contributed by atoms with van der Waals surface area (Å²) in [5.74, 6) is -0.240. The van der Waals surface area contributed by atoms with E-state index in [9.17, 15) is 9.59 Å². The van der Waals surface area contributed by atoms with E-state index in [2.05, 4.69) is 5.32 Å². The lowest BCUT2D eigenvalue weighted by Gasteiger charge is -2.08. The molecule has 138 valence electrons. The molecule has 2 aromatic heterocycles. The summed E-state index contributed by atoms with van der Waals surface area (Å²) in [4.78, 5) is 24.8. The standard InChI is InChI=1S/C21H19NO4S/c1-3-25-21(24)19-17(15-8-6-14(2)7-9-15)13-27-20(19)22-18(23)11-10-16-5-4-12-26-16/h4-13H,3H2,1-2H3,(H,22,23). The van der Waals surface area contributed by atoms with Crippen molar-refractivity contribution in [1.29, 1.82) is 0 Å². The van der Waals surface area contributed by atoms with Gasteiger partial charge in [-0.15, -0.1) is 11.3 Å². The predicted octanol–water partition coefficient (Wildman–Crippen LogP) is 5.15. The minimum absolute atomic E-state index is 0.258. The second-order valence-electron chi connectivity index (χ2n) is 5.78. The van der Waals surface area contributed by atoms with Gasteiger partial charge in [0.25, 0.3) is 0 Å². The summed E-state index contributed by atoms with van der Waals surface area (Å²) in [7, 11) is 0.